The topological polar surface area (TPSA) is 66.8 Å². The lowest BCUT2D eigenvalue weighted by molar-refractivity contribution is -0.144. The Kier molecular flexibility index (Phi) is 3.65. The number of hydrogen-bond acceptors (Lipinski definition) is 3. The number of benzene rings is 2. The molecule has 0 bridgehead atoms. The maximum absolute atomic E-state index is 14.4. The van der Waals surface area contributed by atoms with Crippen LogP contribution < -0.4 is 9.64 Å². The molecule has 2 aliphatic heterocycles. The maximum Gasteiger partial charge on any atom is 0.308 e. The van der Waals surface area contributed by atoms with Gasteiger partial charge in [0.2, 0.25) is 5.91 Å². The van der Waals surface area contributed by atoms with Crippen molar-refractivity contribution in [3.8, 4) is 11.5 Å². The van der Waals surface area contributed by atoms with Gasteiger partial charge in [0.1, 0.15) is 0 Å². The van der Waals surface area contributed by atoms with Gasteiger partial charge >= 0.3 is 5.97 Å². The lowest BCUT2D eigenvalue weighted by Gasteiger charge is -2.38. The quantitative estimate of drug-likeness (QED) is 0.828. The average Bonchev–Trinajstić information content (AvgIpc) is 2.71. The molecule has 5 nitrogen and oxygen atoms in total. The van der Waals surface area contributed by atoms with Crippen LogP contribution in [-0.2, 0) is 9.59 Å². The molecule has 2 aliphatic rings. The van der Waals surface area contributed by atoms with Gasteiger partial charge in [-0.15, -0.1) is 0 Å². The molecule has 4 rings (SSSR count). The van der Waals surface area contributed by atoms with E-state index in [0.717, 1.165) is 0 Å². The molecule has 0 unspecified atom stereocenters. The summed E-state index contributed by atoms with van der Waals surface area (Å²) in [6.07, 6.45) is 0.269. The monoisotopic (exact) mass is 361 g/mol. The SMILES string of the molecule is O=C(O)[C@@H]1CCC(=O)N2c3cc(Cl)ccc3Oc3c(F)cccc3[C@@H]12. The van der Waals surface area contributed by atoms with Crippen LogP contribution in [0.3, 0.4) is 0 Å². The molecule has 1 N–H and O–H groups in total. The molecule has 1 fully saturated rings. The van der Waals surface area contributed by atoms with Crippen molar-refractivity contribution in [1.82, 2.24) is 0 Å². The van der Waals surface area contributed by atoms with Crippen LogP contribution >= 0.6 is 11.6 Å². The van der Waals surface area contributed by atoms with Crippen molar-refractivity contribution < 1.29 is 23.8 Å². The molecule has 1 saturated heterocycles. The Hall–Kier alpha value is -2.60. The normalized spacial score (nSPS) is 21.5. The van der Waals surface area contributed by atoms with Gasteiger partial charge in [-0.05, 0) is 30.7 Å². The van der Waals surface area contributed by atoms with Gasteiger partial charge in [-0.1, -0.05) is 23.7 Å². The number of carbonyl (C=O) groups is 2. The molecule has 1 amide bonds. The minimum Gasteiger partial charge on any atom is -0.481 e. The number of para-hydroxylation sites is 1. The summed E-state index contributed by atoms with van der Waals surface area (Å²) < 4.78 is 20.1. The standard InChI is InChI=1S/C18H13ClFNO4/c19-9-4-6-14-13(8-9)21-15(22)7-5-11(18(23)24)16(21)10-2-1-3-12(20)17(10)25-14/h1-4,6,8,11,16H,5,7H2,(H,23,24)/t11-,16+/m1/s1. The second kappa shape index (κ2) is 5.74. The van der Waals surface area contributed by atoms with Gasteiger partial charge in [-0.3, -0.25) is 9.59 Å². The Morgan fingerprint density at radius 2 is 2.12 bits per heavy atom. The summed E-state index contributed by atoms with van der Waals surface area (Å²) in [5, 5.41) is 10.0. The number of aliphatic carboxylic acids is 1. The van der Waals surface area contributed by atoms with E-state index in [-0.39, 0.29) is 30.2 Å². The van der Waals surface area contributed by atoms with E-state index in [9.17, 15) is 19.1 Å². The van der Waals surface area contributed by atoms with Gasteiger partial charge in [-0.2, -0.15) is 0 Å². The highest BCUT2D eigenvalue weighted by Crippen LogP contribution is 2.51. The number of nitrogens with zero attached hydrogens (tertiary/aromatic N) is 1. The number of hydrogen-bond donors (Lipinski definition) is 1. The van der Waals surface area contributed by atoms with Crippen molar-refractivity contribution in [2.45, 2.75) is 18.9 Å². The molecule has 128 valence electrons. The van der Waals surface area contributed by atoms with Gasteiger partial charge in [0.25, 0.3) is 0 Å². The highest BCUT2D eigenvalue weighted by molar-refractivity contribution is 6.31. The van der Waals surface area contributed by atoms with E-state index >= 15 is 0 Å². The fourth-order valence-electron chi connectivity index (χ4n) is 3.53. The second-order valence-electron chi connectivity index (χ2n) is 6.06. The van der Waals surface area contributed by atoms with Crippen molar-refractivity contribution in [1.29, 1.82) is 0 Å². The van der Waals surface area contributed by atoms with E-state index < -0.39 is 23.7 Å². The Morgan fingerprint density at radius 3 is 2.88 bits per heavy atom. The van der Waals surface area contributed by atoms with Crippen molar-refractivity contribution >= 4 is 29.2 Å². The fraction of sp³-hybridized carbons (Fsp3) is 0.222. The number of halogens is 2. The van der Waals surface area contributed by atoms with Gasteiger partial charge < -0.3 is 14.7 Å². The fourth-order valence-corrected chi connectivity index (χ4v) is 3.70. The largest absolute Gasteiger partial charge is 0.481 e. The molecule has 0 aromatic heterocycles. The summed E-state index contributed by atoms with van der Waals surface area (Å²) in [6.45, 7) is 0. The third-order valence-electron chi connectivity index (χ3n) is 4.62. The van der Waals surface area contributed by atoms with Gasteiger partial charge in [0.05, 0.1) is 17.6 Å². The van der Waals surface area contributed by atoms with E-state index in [1.165, 1.54) is 23.1 Å². The Bertz CT molecular complexity index is 901. The summed E-state index contributed by atoms with van der Waals surface area (Å²) in [5.41, 5.74) is 0.692. The van der Waals surface area contributed by atoms with Crippen molar-refractivity contribution in [3.63, 3.8) is 0 Å². The Morgan fingerprint density at radius 1 is 1.32 bits per heavy atom. The van der Waals surface area contributed by atoms with E-state index in [1.807, 2.05) is 0 Å². The van der Waals surface area contributed by atoms with Crippen LogP contribution in [0.25, 0.3) is 0 Å². The number of anilines is 1. The minimum absolute atomic E-state index is 0.0560. The first kappa shape index (κ1) is 15.9. The van der Waals surface area contributed by atoms with E-state index in [2.05, 4.69) is 0 Å². The lowest BCUT2D eigenvalue weighted by atomic mass is 9.83. The minimum atomic E-state index is -1.04. The molecular formula is C18H13ClFNO4. The first-order valence-electron chi connectivity index (χ1n) is 7.78. The molecule has 0 saturated carbocycles. The molecule has 2 aromatic carbocycles. The first-order valence-corrected chi connectivity index (χ1v) is 8.16. The number of ether oxygens (including phenoxy) is 1. The number of carboxylic acid groups (broad SMARTS) is 1. The smallest absolute Gasteiger partial charge is 0.308 e. The predicted octanol–water partition coefficient (Wildman–Crippen LogP) is 4.15. The van der Waals surface area contributed by atoms with Crippen LogP contribution in [-0.4, -0.2) is 17.0 Å². The summed E-state index contributed by atoms with van der Waals surface area (Å²) in [4.78, 5) is 25.8. The molecule has 2 atom stereocenters. The molecular weight excluding hydrogens is 349 g/mol. The molecule has 2 aromatic rings. The van der Waals surface area contributed by atoms with E-state index in [1.54, 1.807) is 18.2 Å². The summed E-state index contributed by atoms with van der Waals surface area (Å²) in [5.74, 6) is -2.55. The number of carbonyl (C=O) groups excluding carboxylic acids is 1. The molecule has 2 heterocycles. The van der Waals surface area contributed by atoms with Crippen LogP contribution in [0.15, 0.2) is 36.4 Å². The summed E-state index contributed by atoms with van der Waals surface area (Å²) in [6, 6.07) is 8.12. The van der Waals surface area contributed by atoms with Crippen molar-refractivity contribution in [2.24, 2.45) is 5.92 Å². The van der Waals surface area contributed by atoms with Crippen LogP contribution in [0, 0.1) is 11.7 Å². The molecule has 25 heavy (non-hydrogen) atoms. The zero-order valence-corrected chi connectivity index (χ0v) is 13.7. The third kappa shape index (κ3) is 2.44. The maximum atomic E-state index is 14.4. The molecule has 7 heteroatoms. The number of fused-ring (bicyclic) bond motifs is 5. The lowest BCUT2D eigenvalue weighted by Crippen LogP contribution is -2.45. The molecule has 0 spiro atoms. The highest BCUT2D eigenvalue weighted by atomic mass is 35.5. The van der Waals surface area contributed by atoms with Gasteiger partial charge in [-0.25, -0.2) is 4.39 Å². The second-order valence-corrected chi connectivity index (χ2v) is 6.50. The number of amides is 1. The molecule has 0 radical (unpaired) electrons. The van der Waals surface area contributed by atoms with Gasteiger partial charge in [0.15, 0.2) is 17.3 Å². The van der Waals surface area contributed by atoms with E-state index in [0.29, 0.717) is 16.3 Å². The Labute approximate surface area is 147 Å². The Balaban J connectivity index is 2.03. The number of piperidine rings is 1. The average molecular weight is 362 g/mol. The first-order chi connectivity index (χ1) is 12.0. The zero-order chi connectivity index (χ0) is 17.7. The van der Waals surface area contributed by atoms with Crippen LogP contribution in [0.1, 0.15) is 24.4 Å². The number of carboxylic acids is 1. The van der Waals surface area contributed by atoms with Gasteiger partial charge in [0, 0.05) is 17.0 Å². The van der Waals surface area contributed by atoms with Crippen LogP contribution in [0.5, 0.6) is 11.5 Å². The van der Waals surface area contributed by atoms with Crippen molar-refractivity contribution in [3.05, 3.63) is 52.8 Å². The predicted molar refractivity (Wildman–Crippen MR) is 88.5 cm³/mol. The van der Waals surface area contributed by atoms with Crippen molar-refractivity contribution in [2.75, 3.05) is 4.90 Å². The molecule has 0 aliphatic carbocycles. The van der Waals surface area contributed by atoms with E-state index in [4.69, 9.17) is 16.3 Å². The highest BCUT2D eigenvalue weighted by Gasteiger charge is 2.45. The van der Waals surface area contributed by atoms with Crippen LogP contribution in [0.4, 0.5) is 10.1 Å². The van der Waals surface area contributed by atoms with Crippen LogP contribution in [0.2, 0.25) is 5.02 Å². The zero-order valence-electron chi connectivity index (χ0n) is 12.9. The summed E-state index contributed by atoms with van der Waals surface area (Å²) >= 11 is 6.07. The summed E-state index contributed by atoms with van der Waals surface area (Å²) in [7, 11) is 0. The third-order valence-corrected chi connectivity index (χ3v) is 4.86. The number of rotatable bonds is 1.